The average Bonchev–Trinajstić information content (AvgIpc) is 3.30. The van der Waals surface area contributed by atoms with E-state index in [1.54, 1.807) is 18.5 Å². The molecule has 3 aliphatic heterocycles. The first kappa shape index (κ1) is 25.5. The second-order valence-corrected chi connectivity index (χ2v) is 9.06. The molecule has 0 saturated carbocycles. The van der Waals surface area contributed by atoms with E-state index in [4.69, 9.17) is 9.90 Å². The van der Waals surface area contributed by atoms with E-state index in [9.17, 15) is 22.8 Å². The molecule has 4 heterocycles. The second-order valence-electron chi connectivity index (χ2n) is 9.06. The number of nitrogens with one attached hydrogen (secondary N) is 1. The number of halogens is 3. The maximum atomic E-state index is 13.0. The SMILES string of the molecule is CC(C)NC(=O)N1CCC2(CC1)[C@@H]1CN(c3ncccn3)C[C@@H]1C(=O)N2C.O=C(O)C(F)(F)F. The highest BCUT2D eigenvalue weighted by molar-refractivity contribution is 5.84. The van der Waals surface area contributed by atoms with Gasteiger partial charge in [0.1, 0.15) is 0 Å². The number of hydrogen-bond donors (Lipinski definition) is 2. The monoisotopic (exact) mass is 486 g/mol. The maximum absolute atomic E-state index is 13.0. The number of nitrogens with zero attached hydrogens (tertiary/aromatic N) is 5. The zero-order valence-electron chi connectivity index (χ0n) is 19.2. The van der Waals surface area contributed by atoms with Crippen LogP contribution in [0.5, 0.6) is 0 Å². The number of hydrogen-bond acceptors (Lipinski definition) is 6. The summed E-state index contributed by atoms with van der Waals surface area (Å²) in [5.74, 6) is -1.58. The number of carboxylic acids is 1. The lowest BCUT2D eigenvalue weighted by Gasteiger charge is -2.46. The molecule has 1 aromatic rings. The van der Waals surface area contributed by atoms with Gasteiger partial charge < -0.3 is 25.1 Å². The lowest BCUT2D eigenvalue weighted by atomic mass is 9.75. The maximum Gasteiger partial charge on any atom is 0.490 e. The van der Waals surface area contributed by atoms with E-state index < -0.39 is 12.1 Å². The molecule has 188 valence electrons. The highest BCUT2D eigenvalue weighted by atomic mass is 19.4. The van der Waals surface area contributed by atoms with Crippen LogP contribution in [0.3, 0.4) is 0 Å². The van der Waals surface area contributed by atoms with Crippen LogP contribution in [-0.4, -0.2) is 93.8 Å². The topological polar surface area (TPSA) is 119 Å². The molecule has 0 aromatic carbocycles. The molecule has 0 bridgehead atoms. The van der Waals surface area contributed by atoms with Crippen LogP contribution >= 0.6 is 0 Å². The molecule has 3 fully saturated rings. The number of piperidine rings is 1. The largest absolute Gasteiger partial charge is 0.490 e. The summed E-state index contributed by atoms with van der Waals surface area (Å²) in [6, 6.07) is 1.93. The fourth-order valence-electron chi connectivity index (χ4n) is 5.07. The lowest BCUT2D eigenvalue weighted by molar-refractivity contribution is -0.192. The van der Waals surface area contributed by atoms with E-state index in [1.165, 1.54) is 0 Å². The second kappa shape index (κ2) is 9.63. The molecule has 2 N–H and O–H groups in total. The smallest absolute Gasteiger partial charge is 0.475 e. The number of carbonyl (C=O) groups excluding carboxylic acids is 2. The molecule has 3 aliphatic rings. The van der Waals surface area contributed by atoms with Gasteiger partial charge in [0.2, 0.25) is 11.9 Å². The molecule has 34 heavy (non-hydrogen) atoms. The summed E-state index contributed by atoms with van der Waals surface area (Å²) in [4.78, 5) is 48.9. The molecule has 0 unspecified atom stereocenters. The standard InChI is InChI=1S/C19H28N6O2.C2HF3O2/c1-13(2)22-18(27)24-9-5-19(6-10-24)15-12-25(17-20-7-4-8-21-17)11-14(15)16(26)23(19)3;3-2(4,5)1(6)7/h4,7-8,13-15H,5-6,9-12H2,1-3H3,(H,22,27);(H,6,7)/t14-,15+;/m0./s1. The Morgan fingerprint density at radius 1 is 1.18 bits per heavy atom. The molecule has 1 spiro atoms. The minimum atomic E-state index is -5.08. The highest BCUT2D eigenvalue weighted by Gasteiger charge is 2.61. The molecular weight excluding hydrogens is 457 g/mol. The number of aromatic nitrogens is 2. The Labute approximate surface area is 195 Å². The van der Waals surface area contributed by atoms with Crippen LogP contribution < -0.4 is 10.2 Å². The van der Waals surface area contributed by atoms with Gasteiger partial charge in [-0.2, -0.15) is 13.2 Å². The van der Waals surface area contributed by atoms with E-state index in [1.807, 2.05) is 30.7 Å². The molecule has 13 heteroatoms. The van der Waals surface area contributed by atoms with Crippen LogP contribution in [0, 0.1) is 11.8 Å². The minimum Gasteiger partial charge on any atom is -0.475 e. The van der Waals surface area contributed by atoms with Gasteiger partial charge in [0.05, 0.1) is 11.5 Å². The summed E-state index contributed by atoms with van der Waals surface area (Å²) in [7, 11) is 1.94. The van der Waals surface area contributed by atoms with Crippen molar-refractivity contribution in [3.05, 3.63) is 18.5 Å². The van der Waals surface area contributed by atoms with Gasteiger partial charge in [-0.25, -0.2) is 19.6 Å². The molecule has 0 aliphatic carbocycles. The van der Waals surface area contributed by atoms with Gasteiger partial charge in [-0.15, -0.1) is 0 Å². The van der Waals surface area contributed by atoms with Crippen LogP contribution in [0.1, 0.15) is 26.7 Å². The fraction of sp³-hybridized carbons (Fsp3) is 0.667. The Bertz CT molecular complexity index is 906. The van der Waals surface area contributed by atoms with Crippen molar-refractivity contribution >= 4 is 23.9 Å². The lowest BCUT2D eigenvalue weighted by Crippen LogP contribution is -2.58. The summed E-state index contributed by atoms with van der Waals surface area (Å²) in [5.41, 5.74) is -0.167. The molecule has 1 aromatic heterocycles. The van der Waals surface area contributed by atoms with E-state index in [-0.39, 0.29) is 35.4 Å². The first-order valence-electron chi connectivity index (χ1n) is 11.0. The number of carbonyl (C=O) groups is 3. The predicted octanol–water partition coefficient (Wildman–Crippen LogP) is 1.59. The number of carboxylic acid groups (broad SMARTS) is 1. The third-order valence-corrected chi connectivity index (χ3v) is 6.73. The zero-order valence-corrected chi connectivity index (χ0v) is 19.2. The van der Waals surface area contributed by atoms with Crippen molar-refractivity contribution in [2.45, 2.75) is 44.4 Å². The fourth-order valence-corrected chi connectivity index (χ4v) is 5.07. The van der Waals surface area contributed by atoms with Crippen molar-refractivity contribution < 1.29 is 32.7 Å². The van der Waals surface area contributed by atoms with Crippen molar-refractivity contribution in [3.8, 4) is 0 Å². The van der Waals surface area contributed by atoms with Crippen molar-refractivity contribution in [1.82, 2.24) is 25.1 Å². The van der Waals surface area contributed by atoms with Crippen molar-refractivity contribution in [3.63, 3.8) is 0 Å². The number of amides is 3. The molecule has 3 amide bonds. The Balaban J connectivity index is 0.000000406. The molecular formula is C21H29F3N6O4. The van der Waals surface area contributed by atoms with Crippen LogP contribution in [0.4, 0.5) is 23.9 Å². The van der Waals surface area contributed by atoms with E-state index in [0.29, 0.717) is 25.6 Å². The number of alkyl halides is 3. The van der Waals surface area contributed by atoms with Gasteiger partial charge in [-0.1, -0.05) is 0 Å². The normalized spacial score (nSPS) is 23.6. The number of rotatable bonds is 2. The van der Waals surface area contributed by atoms with Gasteiger partial charge >= 0.3 is 18.2 Å². The van der Waals surface area contributed by atoms with Crippen molar-refractivity contribution in [1.29, 1.82) is 0 Å². The minimum absolute atomic E-state index is 0.00477. The molecule has 4 rings (SSSR count). The molecule has 0 radical (unpaired) electrons. The summed E-state index contributed by atoms with van der Waals surface area (Å²) < 4.78 is 31.7. The first-order chi connectivity index (χ1) is 15.9. The van der Waals surface area contributed by atoms with Gasteiger partial charge in [0.15, 0.2) is 0 Å². The van der Waals surface area contributed by atoms with Crippen molar-refractivity contribution in [2.75, 3.05) is 38.1 Å². The van der Waals surface area contributed by atoms with Crippen molar-refractivity contribution in [2.24, 2.45) is 11.8 Å². The van der Waals surface area contributed by atoms with Crippen LogP contribution in [0.2, 0.25) is 0 Å². The number of anilines is 1. The van der Waals surface area contributed by atoms with Crippen LogP contribution in [0.25, 0.3) is 0 Å². The van der Waals surface area contributed by atoms with E-state index >= 15 is 0 Å². The van der Waals surface area contributed by atoms with Gasteiger partial charge in [-0.3, -0.25) is 4.79 Å². The van der Waals surface area contributed by atoms with E-state index in [0.717, 1.165) is 19.4 Å². The molecule has 3 saturated heterocycles. The summed E-state index contributed by atoms with van der Waals surface area (Å²) in [5, 5.41) is 10.1. The average molecular weight is 486 g/mol. The Morgan fingerprint density at radius 2 is 1.74 bits per heavy atom. The Kier molecular flexibility index (Phi) is 7.22. The zero-order chi connectivity index (χ0) is 25.3. The van der Waals surface area contributed by atoms with Gasteiger partial charge in [0.25, 0.3) is 0 Å². The third kappa shape index (κ3) is 5.02. The van der Waals surface area contributed by atoms with E-state index in [2.05, 4.69) is 20.2 Å². The summed E-state index contributed by atoms with van der Waals surface area (Å²) in [6.07, 6.45) is 0.0504. The van der Waals surface area contributed by atoms with Gasteiger partial charge in [0, 0.05) is 57.6 Å². The van der Waals surface area contributed by atoms with Crippen LogP contribution in [-0.2, 0) is 9.59 Å². The summed E-state index contributed by atoms with van der Waals surface area (Å²) in [6.45, 7) is 6.77. The number of fused-ring (bicyclic) bond motifs is 2. The number of aliphatic carboxylic acids is 1. The van der Waals surface area contributed by atoms with Gasteiger partial charge in [-0.05, 0) is 32.8 Å². The number of likely N-dealkylation sites (tertiary alicyclic amines) is 2. The Hall–Kier alpha value is -3.12. The third-order valence-electron chi connectivity index (χ3n) is 6.73. The predicted molar refractivity (Wildman–Crippen MR) is 115 cm³/mol. The molecule has 2 atom stereocenters. The quantitative estimate of drug-likeness (QED) is 0.652. The number of urea groups is 1. The summed E-state index contributed by atoms with van der Waals surface area (Å²) >= 11 is 0. The Morgan fingerprint density at radius 3 is 2.24 bits per heavy atom. The highest BCUT2D eigenvalue weighted by Crippen LogP contribution is 2.49. The first-order valence-corrected chi connectivity index (χ1v) is 11.0. The van der Waals surface area contributed by atoms with Crippen LogP contribution in [0.15, 0.2) is 18.5 Å². The molecule has 10 nitrogen and oxygen atoms in total.